The number of halogens is 1. The molecule has 1 rings (SSSR count). The number of benzene rings is 1. The third kappa shape index (κ3) is 8.03. The number of nitrogens with zero attached hydrogens (tertiary/aromatic N) is 1. The van der Waals surface area contributed by atoms with Crippen molar-refractivity contribution in [3.05, 3.63) is 34.9 Å². The molecule has 1 aromatic rings. The summed E-state index contributed by atoms with van der Waals surface area (Å²) in [5.74, 6) is -0.462. The number of carbonyl (C=O) groups is 3. The monoisotopic (exact) mass is 367 g/mol. The van der Waals surface area contributed by atoms with Gasteiger partial charge in [-0.25, -0.2) is 0 Å². The topological polar surface area (TPSA) is 78.5 Å². The van der Waals surface area contributed by atoms with E-state index in [2.05, 4.69) is 10.6 Å². The summed E-state index contributed by atoms with van der Waals surface area (Å²) in [6.07, 6.45) is 0.796. The quantitative estimate of drug-likeness (QED) is 0.657. The first-order valence-corrected chi connectivity index (χ1v) is 8.82. The molecule has 0 saturated carbocycles. The van der Waals surface area contributed by atoms with Crippen LogP contribution < -0.4 is 10.6 Å². The smallest absolute Gasteiger partial charge is 0.251 e. The Kier molecular flexibility index (Phi) is 8.99. The molecule has 0 heterocycles. The van der Waals surface area contributed by atoms with Crippen LogP contribution in [0.5, 0.6) is 0 Å². The van der Waals surface area contributed by atoms with Crippen molar-refractivity contribution in [3.8, 4) is 0 Å². The van der Waals surface area contributed by atoms with Gasteiger partial charge in [-0.05, 0) is 51.5 Å². The third-order valence-electron chi connectivity index (χ3n) is 3.48. The van der Waals surface area contributed by atoms with Crippen LogP contribution in [0.3, 0.4) is 0 Å². The predicted molar refractivity (Wildman–Crippen MR) is 98.6 cm³/mol. The van der Waals surface area contributed by atoms with Gasteiger partial charge in [0.05, 0.1) is 6.54 Å². The molecule has 1 aromatic carbocycles. The fourth-order valence-corrected chi connectivity index (χ4v) is 2.35. The van der Waals surface area contributed by atoms with Gasteiger partial charge in [-0.1, -0.05) is 11.6 Å². The Balaban J connectivity index is 2.33. The lowest BCUT2D eigenvalue weighted by molar-refractivity contribution is -0.136. The Labute approximate surface area is 153 Å². The summed E-state index contributed by atoms with van der Waals surface area (Å²) in [6.45, 7) is 6.51. The fraction of sp³-hybridized carbons (Fsp3) is 0.500. The number of likely N-dealkylation sites (N-methyl/N-ethyl adjacent to an activating group) is 1. The second-order valence-electron chi connectivity index (χ2n) is 6.00. The van der Waals surface area contributed by atoms with Gasteiger partial charge >= 0.3 is 0 Å². The van der Waals surface area contributed by atoms with E-state index in [9.17, 15) is 14.4 Å². The average Bonchev–Trinajstić information content (AvgIpc) is 2.56. The van der Waals surface area contributed by atoms with E-state index < -0.39 is 0 Å². The maximum absolute atomic E-state index is 12.2. The molecule has 0 unspecified atom stereocenters. The minimum Gasteiger partial charge on any atom is -0.352 e. The Morgan fingerprint density at radius 2 is 1.80 bits per heavy atom. The van der Waals surface area contributed by atoms with Gasteiger partial charge in [0.15, 0.2) is 0 Å². The van der Waals surface area contributed by atoms with E-state index >= 15 is 0 Å². The Morgan fingerprint density at radius 3 is 2.36 bits per heavy atom. The van der Waals surface area contributed by atoms with Crippen LogP contribution in [-0.4, -0.2) is 48.3 Å². The summed E-state index contributed by atoms with van der Waals surface area (Å²) in [7, 11) is 0. The van der Waals surface area contributed by atoms with Crippen LogP contribution in [0.4, 0.5) is 0 Å². The summed E-state index contributed by atoms with van der Waals surface area (Å²) in [5.41, 5.74) is 0.524. The van der Waals surface area contributed by atoms with Gasteiger partial charge in [0.1, 0.15) is 0 Å². The summed E-state index contributed by atoms with van der Waals surface area (Å²) in [4.78, 5) is 37.4. The minimum atomic E-state index is -0.201. The Bertz CT molecular complexity index is 588. The number of rotatable bonds is 9. The predicted octanol–water partition coefficient (Wildman–Crippen LogP) is 2.22. The zero-order valence-electron chi connectivity index (χ0n) is 15.0. The molecule has 138 valence electrons. The second kappa shape index (κ2) is 10.7. The van der Waals surface area contributed by atoms with Gasteiger partial charge in [0.2, 0.25) is 11.8 Å². The molecular formula is C18H26ClN3O3. The minimum absolute atomic E-state index is 0.0457. The van der Waals surface area contributed by atoms with Gasteiger partial charge in [-0.2, -0.15) is 0 Å². The molecule has 0 atom stereocenters. The van der Waals surface area contributed by atoms with Crippen molar-refractivity contribution in [2.75, 3.05) is 19.6 Å². The molecule has 0 bridgehead atoms. The van der Waals surface area contributed by atoms with E-state index in [0.29, 0.717) is 30.1 Å². The number of hydrogen-bond donors (Lipinski definition) is 2. The number of amides is 3. The Morgan fingerprint density at radius 1 is 1.16 bits per heavy atom. The van der Waals surface area contributed by atoms with Gasteiger partial charge in [-0.3, -0.25) is 14.4 Å². The van der Waals surface area contributed by atoms with E-state index in [4.69, 9.17) is 11.6 Å². The van der Waals surface area contributed by atoms with Crippen LogP contribution in [0.1, 0.15) is 44.0 Å². The van der Waals surface area contributed by atoms with Crippen LogP contribution in [0, 0.1) is 0 Å². The van der Waals surface area contributed by atoms with Crippen molar-refractivity contribution in [1.82, 2.24) is 15.5 Å². The summed E-state index contributed by atoms with van der Waals surface area (Å²) in [5, 5.41) is 6.11. The van der Waals surface area contributed by atoms with E-state index in [1.54, 1.807) is 24.3 Å². The standard InChI is InChI=1S/C18H26ClN3O3/c1-4-22(12-16(23)21-13(2)3)17(24)6-5-11-20-18(25)14-7-9-15(19)10-8-14/h7-10,13H,4-6,11-12H2,1-3H3,(H,20,25)(H,21,23). The van der Waals surface area contributed by atoms with Crippen molar-refractivity contribution in [2.45, 2.75) is 39.7 Å². The zero-order valence-corrected chi connectivity index (χ0v) is 15.7. The van der Waals surface area contributed by atoms with Crippen LogP contribution in [0.25, 0.3) is 0 Å². The maximum Gasteiger partial charge on any atom is 0.251 e. The normalized spacial score (nSPS) is 10.4. The van der Waals surface area contributed by atoms with Gasteiger partial charge in [0, 0.05) is 36.1 Å². The molecule has 25 heavy (non-hydrogen) atoms. The number of hydrogen-bond acceptors (Lipinski definition) is 3. The molecule has 3 amide bonds. The molecule has 0 aromatic heterocycles. The van der Waals surface area contributed by atoms with E-state index in [-0.39, 0.29) is 36.7 Å². The molecule has 0 spiro atoms. The van der Waals surface area contributed by atoms with Crippen molar-refractivity contribution >= 4 is 29.3 Å². The highest BCUT2D eigenvalue weighted by atomic mass is 35.5. The SMILES string of the molecule is CCN(CC(=O)NC(C)C)C(=O)CCCNC(=O)c1ccc(Cl)cc1. The Hall–Kier alpha value is -2.08. The summed E-state index contributed by atoms with van der Waals surface area (Å²) >= 11 is 5.78. The molecule has 0 aliphatic heterocycles. The van der Waals surface area contributed by atoms with Crippen LogP contribution in [-0.2, 0) is 9.59 Å². The van der Waals surface area contributed by atoms with E-state index in [0.717, 1.165) is 0 Å². The van der Waals surface area contributed by atoms with Crippen molar-refractivity contribution in [1.29, 1.82) is 0 Å². The molecule has 2 N–H and O–H groups in total. The molecule has 7 heteroatoms. The molecular weight excluding hydrogens is 342 g/mol. The lowest BCUT2D eigenvalue weighted by atomic mass is 10.2. The highest BCUT2D eigenvalue weighted by Gasteiger charge is 2.15. The number of carbonyl (C=O) groups excluding carboxylic acids is 3. The van der Waals surface area contributed by atoms with Crippen molar-refractivity contribution in [3.63, 3.8) is 0 Å². The number of nitrogens with one attached hydrogen (secondary N) is 2. The summed E-state index contributed by atoms with van der Waals surface area (Å²) < 4.78 is 0. The van der Waals surface area contributed by atoms with Crippen molar-refractivity contribution in [2.24, 2.45) is 0 Å². The van der Waals surface area contributed by atoms with Crippen LogP contribution in [0.2, 0.25) is 5.02 Å². The highest BCUT2D eigenvalue weighted by molar-refractivity contribution is 6.30. The highest BCUT2D eigenvalue weighted by Crippen LogP contribution is 2.09. The van der Waals surface area contributed by atoms with Crippen LogP contribution in [0.15, 0.2) is 24.3 Å². The summed E-state index contributed by atoms with van der Waals surface area (Å²) in [6, 6.07) is 6.65. The molecule has 0 saturated heterocycles. The van der Waals surface area contributed by atoms with Gasteiger partial charge in [-0.15, -0.1) is 0 Å². The van der Waals surface area contributed by atoms with E-state index in [1.165, 1.54) is 4.90 Å². The lowest BCUT2D eigenvalue weighted by Crippen LogP contribution is -2.42. The van der Waals surface area contributed by atoms with Gasteiger partial charge in [0.25, 0.3) is 5.91 Å². The average molecular weight is 368 g/mol. The van der Waals surface area contributed by atoms with Crippen molar-refractivity contribution < 1.29 is 14.4 Å². The van der Waals surface area contributed by atoms with Gasteiger partial charge < -0.3 is 15.5 Å². The first-order valence-electron chi connectivity index (χ1n) is 8.44. The largest absolute Gasteiger partial charge is 0.352 e. The second-order valence-corrected chi connectivity index (χ2v) is 6.43. The molecule has 0 radical (unpaired) electrons. The zero-order chi connectivity index (χ0) is 18.8. The van der Waals surface area contributed by atoms with E-state index in [1.807, 2.05) is 20.8 Å². The fourth-order valence-electron chi connectivity index (χ4n) is 2.22. The van der Waals surface area contributed by atoms with Crippen LogP contribution >= 0.6 is 11.6 Å². The molecule has 6 nitrogen and oxygen atoms in total. The molecule has 0 aliphatic carbocycles. The lowest BCUT2D eigenvalue weighted by Gasteiger charge is -2.21. The third-order valence-corrected chi connectivity index (χ3v) is 3.73. The first kappa shape index (κ1) is 21.0. The molecule has 0 fully saturated rings. The first-order chi connectivity index (χ1) is 11.8. The molecule has 0 aliphatic rings. The maximum atomic E-state index is 12.2.